The van der Waals surface area contributed by atoms with Gasteiger partial charge in [0.1, 0.15) is 11.6 Å². The monoisotopic (exact) mass is 448 g/mol. The molecule has 0 amide bonds. The molecule has 0 radical (unpaired) electrons. The number of rotatable bonds is 12. The van der Waals surface area contributed by atoms with E-state index in [2.05, 4.69) is 23.8 Å². The van der Waals surface area contributed by atoms with E-state index in [0.717, 1.165) is 36.8 Å². The van der Waals surface area contributed by atoms with E-state index in [1.165, 1.54) is 31.7 Å². The summed E-state index contributed by atoms with van der Waals surface area (Å²) in [5.41, 5.74) is 2.80. The summed E-state index contributed by atoms with van der Waals surface area (Å²) >= 11 is 0. The number of hydrogen-bond donors (Lipinski definition) is 0. The van der Waals surface area contributed by atoms with E-state index in [1.54, 1.807) is 24.3 Å². The first-order valence-corrected chi connectivity index (χ1v) is 12.0. The number of halogens is 1. The Morgan fingerprint density at radius 3 is 2.21 bits per heavy atom. The van der Waals surface area contributed by atoms with Crippen molar-refractivity contribution in [3.05, 3.63) is 77.4 Å². The maximum Gasteiger partial charge on any atom is 0.343 e. The number of aryl methyl sites for hydroxylation is 2. The standard InChI is InChI=1S/C28H33FN2O2/c1-3-5-6-7-8-9-11-22-12-13-24(18-26(22)29)28(32)33-25-16-14-23(15-17-25)27-30-19-21(10-4-2)20-31-27/h12-20H,3-11H2,1-2H3. The predicted octanol–water partition coefficient (Wildman–Crippen LogP) is 7.36. The van der Waals surface area contributed by atoms with Gasteiger partial charge < -0.3 is 4.74 Å². The molecule has 0 atom stereocenters. The van der Waals surface area contributed by atoms with Crippen molar-refractivity contribution < 1.29 is 13.9 Å². The lowest BCUT2D eigenvalue weighted by Crippen LogP contribution is -2.09. The van der Waals surface area contributed by atoms with E-state index in [0.29, 0.717) is 23.6 Å². The number of hydrogen-bond acceptors (Lipinski definition) is 4. The maximum absolute atomic E-state index is 14.5. The summed E-state index contributed by atoms with van der Waals surface area (Å²) in [6, 6.07) is 11.6. The van der Waals surface area contributed by atoms with E-state index < -0.39 is 5.97 Å². The number of carbonyl (C=O) groups excluding carboxylic acids is 1. The minimum Gasteiger partial charge on any atom is -0.423 e. The summed E-state index contributed by atoms with van der Waals surface area (Å²) in [5.74, 6) is 0.0867. The zero-order valence-electron chi connectivity index (χ0n) is 19.6. The zero-order chi connectivity index (χ0) is 23.5. The summed E-state index contributed by atoms with van der Waals surface area (Å²) in [5, 5.41) is 0. The molecule has 33 heavy (non-hydrogen) atoms. The molecule has 0 aliphatic rings. The third-order valence-electron chi connectivity index (χ3n) is 5.66. The molecular formula is C28H33FN2O2. The highest BCUT2D eigenvalue weighted by molar-refractivity contribution is 5.91. The molecule has 1 heterocycles. The highest BCUT2D eigenvalue weighted by atomic mass is 19.1. The third-order valence-corrected chi connectivity index (χ3v) is 5.66. The summed E-state index contributed by atoms with van der Waals surface area (Å²) < 4.78 is 19.9. The van der Waals surface area contributed by atoms with Crippen molar-refractivity contribution in [1.29, 1.82) is 0 Å². The van der Waals surface area contributed by atoms with Crippen LogP contribution in [0.1, 0.15) is 80.3 Å². The van der Waals surface area contributed by atoms with Crippen molar-refractivity contribution in [1.82, 2.24) is 9.97 Å². The van der Waals surface area contributed by atoms with Gasteiger partial charge in [0.15, 0.2) is 5.82 Å². The smallest absolute Gasteiger partial charge is 0.343 e. The van der Waals surface area contributed by atoms with Crippen LogP contribution in [-0.2, 0) is 12.8 Å². The minimum absolute atomic E-state index is 0.207. The fourth-order valence-electron chi connectivity index (χ4n) is 3.73. The molecule has 0 aliphatic heterocycles. The Bertz CT molecular complexity index is 1020. The van der Waals surface area contributed by atoms with E-state index in [4.69, 9.17) is 4.74 Å². The van der Waals surface area contributed by atoms with Crippen LogP contribution in [0.5, 0.6) is 5.75 Å². The molecule has 0 N–H and O–H groups in total. The Kier molecular flexibility index (Phi) is 9.55. The SMILES string of the molecule is CCCCCCCCc1ccc(C(=O)Oc2ccc(-c3ncc(CCC)cn3)cc2)cc1F. The number of esters is 1. The fourth-order valence-corrected chi connectivity index (χ4v) is 3.73. The molecule has 0 aliphatic carbocycles. The van der Waals surface area contributed by atoms with Crippen molar-refractivity contribution in [2.75, 3.05) is 0 Å². The molecule has 4 nitrogen and oxygen atoms in total. The molecular weight excluding hydrogens is 415 g/mol. The van der Waals surface area contributed by atoms with Gasteiger partial charge in [0.2, 0.25) is 0 Å². The normalized spacial score (nSPS) is 10.9. The van der Waals surface area contributed by atoms with Crippen molar-refractivity contribution in [3.63, 3.8) is 0 Å². The lowest BCUT2D eigenvalue weighted by atomic mass is 10.0. The molecule has 174 valence electrons. The number of unbranched alkanes of at least 4 members (excludes halogenated alkanes) is 5. The highest BCUT2D eigenvalue weighted by Gasteiger charge is 2.12. The first kappa shape index (κ1) is 24.6. The van der Waals surface area contributed by atoms with E-state index in [9.17, 15) is 9.18 Å². The lowest BCUT2D eigenvalue weighted by molar-refractivity contribution is 0.0734. The quantitative estimate of drug-likeness (QED) is 0.165. The molecule has 3 rings (SSSR count). The van der Waals surface area contributed by atoms with Crippen LogP contribution in [-0.4, -0.2) is 15.9 Å². The van der Waals surface area contributed by atoms with Crippen LogP contribution in [0, 0.1) is 5.82 Å². The van der Waals surface area contributed by atoms with Crippen molar-refractivity contribution in [2.45, 2.75) is 71.6 Å². The number of ether oxygens (including phenoxy) is 1. The first-order chi connectivity index (χ1) is 16.1. The van der Waals surface area contributed by atoms with Gasteiger partial charge >= 0.3 is 5.97 Å². The van der Waals surface area contributed by atoms with Gasteiger partial charge in [-0.1, -0.05) is 58.4 Å². The maximum atomic E-state index is 14.5. The van der Waals surface area contributed by atoms with E-state index in [1.807, 2.05) is 24.5 Å². The minimum atomic E-state index is -0.576. The summed E-state index contributed by atoms with van der Waals surface area (Å²) in [6.45, 7) is 4.31. The Balaban J connectivity index is 1.54. The highest BCUT2D eigenvalue weighted by Crippen LogP contribution is 2.21. The van der Waals surface area contributed by atoms with Crippen LogP contribution in [0.2, 0.25) is 0 Å². The van der Waals surface area contributed by atoms with Crippen molar-refractivity contribution in [2.24, 2.45) is 0 Å². The van der Waals surface area contributed by atoms with Crippen LogP contribution in [0.3, 0.4) is 0 Å². The average molecular weight is 449 g/mol. The Morgan fingerprint density at radius 1 is 0.848 bits per heavy atom. The zero-order valence-corrected chi connectivity index (χ0v) is 19.6. The number of benzene rings is 2. The molecule has 0 unspecified atom stereocenters. The summed E-state index contributed by atoms with van der Waals surface area (Å²) in [6.07, 6.45) is 13.3. The Morgan fingerprint density at radius 2 is 1.55 bits per heavy atom. The van der Waals surface area contributed by atoms with Crippen molar-refractivity contribution in [3.8, 4) is 17.1 Å². The molecule has 0 spiro atoms. The van der Waals surface area contributed by atoms with Gasteiger partial charge in [-0.2, -0.15) is 0 Å². The molecule has 0 saturated heterocycles. The Hall–Kier alpha value is -3.08. The third kappa shape index (κ3) is 7.48. The van der Waals surface area contributed by atoms with Gasteiger partial charge in [0, 0.05) is 18.0 Å². The van der Waals surface area contributed by atoms with Gasteiger partial charge in [-0.25, -0.2) is 19.2 Å². The van der Waals surface area contributed by atoms with Gasteiger partial charge in [-0.15, -0.1) is 0 Å². The summed E-state index contributed by atoms with van der Waals surface area (Å²) in [4.78, 5) is 21.3. The Labute approximate surface area is 196 Å². The van der Waals surface area contributed by atoms with Gasteiger partial charge in [0.05, 0.1) is 5.56 Å². The van der Waals surface area contributed by atoms with E-state index >= 15 is 0 Å². The second-order valence-electron chi connectivity index (χ2n) is 8.40. The largest absolute Gasteiger partial charge is 0.423 e. The average Bonchev–Trinajstić information content (AvgIpc) is 2.83. The van der Waals surface area contributed by atoms with Crippen LogP contribution in [0.25, 0.3) is 11.4 Å². The number of carbonyl (C=O) groups is 1. The van der Waals surface area contributed by atoms with Gasteiger partial charge in [-0.05, 0) is 66.8 Å². The van der Waals surface area contributed by atoms with Crippen molar-refractivity contribution >= 4 is 5.97 Å². The molecule has 3 aromatic rings. The van der Waals surface area contributed by atoms with Crippen LogP contribution in [0.4, 0.5) is 4.39 Å². The summed E-state index contributed by atoms with van der Waals surface area (Å²) in [7, 11) is 0. The van der Waals surface area contributed by atoms with Crippen LogP contribution < -0.4 is 4.74 Å². The van der Waals surface area contributed by atoms with Crippen LogP contribution >= 0.6 is 0 Å². The van der Waals surface area contributed by atoms with E-state index in [-0.39, 0.29) is 11.4 Å². The number of aromatic nitrogens is 2. The topological polar surface area (TPSA) is 52.1 Å². The molecule has 2 aromatic carbocycles. The fraction of sp³-hybridized carbons (Fsp3) is 0.393. The second kappa shape index (κ2) is 12.8. The second-order valence-corrected chi connectivity index (χ2v) is 8.40. The molecule has 0 bridgehead atoms. The number of nitrogens with zero attached hydrogens (tertiary/aromatic N) is 2. The molecule has 5 heteroatoms. The molecule has 1 aromatic heterocycles. The molecule has 0 fully saturated rings. The van der Waals surface area contributed by atoms with Crippen LogP contribution in [0.15, 0.2) is 54.9 Å². The molecule has 0 saturated carbocycles. The predicted molar refractivity (Wildman–Crippen MR) is 130 cm³/mol. The van der Waals surface area contributed by atoms with Gasteiger partial charge in [0.25, 0.3) is 0 Å². The first-order valence-electron chi connectivity index (χ1n) is 12.0. The lowest BCUT2D eigenvalue weighted by Gasteiger charge is -2.08. The van der Waals surface area contributed by atoms with Gasteiger partial charge in [-0.3, -0.25) is 0 Å².